The molecule has 2 aliphatic heterocycles. The molecule has 0 radical (unpaired) electrons. The molecule has 9 heteroatoms. The molecule has 0 spiro atoms. The van der Waals surface area contributed by atoms with Crippen LogP contribution in [0.15, 0.2) is 24.3 Å². The second-order valence-electron chi connectivity index (χ2n) is 9.54. The number of hydrogen-bond donors (Lipinski definition) is 4. The van der Waals surface area contributed by atoms with E-state index in [0.29, 0.717) is 11.8 Å². The molecule has 1 amide bonds. The number of anilines is 3. The summed E-state index contributed by atoms with van der Waals surface area (Å²) in [5.41, 5.74) is 8.07. The molecule has 4 rings (SSSR count). The summed E-state index contributed by atoms with van der Waals surface area (Å²) in [6, 6.07) is 8.13. The maximum atomic E-state index is 12.2. The maximum absolute atomic E-state index is 12.2. The number of nitrogens with one attached hydrogen (secondary N) is 2. The lowest BCUT2D eigenvalue weighted by molar-refractivity contribution is 0.0821. The standard InChI is InChI=1S/C26H37N7O2/c27-18-22-23(24(28)35)25(31-26(30-22)33-14-3-1-2-4-15-33)29-20-9-7-19(8-10-20)6-5-13-32-16-11-21(34)12-17-32/h7-10,18,21,27,34H,1-6,11-17H2,(H2,28,35)(H,29,30,31). The number of benzene rings is 1. The molecule has 0 aliphatic carbocycles. The number of nitrogens with zero attached hydrogens (tertiary/aromatic N) is 4. The van der Waals surface area contributed by atoms with E-state index < -0.39 is 5.91 Å². The number of piperidine rings is 1. The molecule has 1 aromatic heterocycles. The lowest BCUT2D eigenvalue weighted by atomic mass is 10.1. The minimum atomic E-state index is -0.657. The molecule has 2 fully saturated rings. The molecule has 0 atom stereocenters. The molecular weight excluding hydrogens is 442 g/mol. The number of carbonyl (C=O) groups is 1. The van der Waals surface area contributed by atoms with Crippen LogP contribution in [0.3, 0.4) is 0 Å². The highest BCUT2D eigenvalue weighted by Gasteiger charge is 2.22. The molecule has 2 aliphatic rings. The van der Waals surface area contributed by atoms with Gasteiger partial charge in [-0.2, -0.15) is 4.98 Å². The summed E-state index contributed by atoms with van der Waals surface area (Å²) >= 11 is 0. The number of rotatable bonds is 9. The van der Waals surface area contributed by atoms with Crippen LogP contribution in [0.2, 0.25) is 0 Å². The van der Waals surface area contributed by atoms with Crippen molar-refractivity contribution >= 4 is 29.6 Å². The highest BCUT2D eigenvalue weighted by Crippen LogP contribution is 2.25. The van der Waals surface area contributed by atoms with Gasteiger partial charge in [0.2, 0.25) is 5.95 Å². The number of carbonyl (C=O) groups excluding carboxylic acids is 1. The van der Waals surface area contributed by atoms with Gasteiger partial charge in [-0.3, -0.25) is 4.79 Å². The van der Waals surface area contributed by atoms with E-state index in [1.807, 2.05) is 12.1 Å². The Labute approximate surface area is 207 Å². The molecule has 2 saturated heterocycles. The van der Waals surface area contributed by atoms with E-state index >= 15 is 0 Å². The third-order valence-corrected chi connectivity index (χ3v) is 6.91. The first-order chi connectivity index (χ1) is 17.0. The van der Waals surface area contributed by atoms with Crippen LogP contribution in [0, 0.1) is 5.41 Å². The van der Waals surface area contributed by atoms with E-state index in [9.17, 15) is 9.90 Å². The highest BCUT2D eigenvalue weighted by molar-refractivity contribution is 6.04. The van der Waals surface area contributed by atoms with Crippen LogP contribution >= 0.6 is 0 Å². The smallest absolute Gasteiger partial charge is 0.254 e. The van der Waals surface area contributed by atoms with Crippen LogP contribution in [0.1, 0.15) is 66.6 Å². The number of amides is 1. The molecule has 0 unspecified atom stereocenters. The van der Waals surface area contributed by atoms with Crippen molar-refractivity contribution in [2.45, 2.75) is 57.5 Å². The van der Waals surface area contributed by atoms with Crippen molar-refractivity contribution in [1.29, 1.82) is 5.41 Å². The van der Waals surface area contributed by atoms with Crippen molar-refractivity contribution in [3.05, 3.63) is 41.1 Å². The van der Waals surface area contributed by atoms with Gasteiger partial charge in [0.1, 0.15) is 17.1 Å². The Bertz CT molecular complexity index is 996. The Balaban J connectivity index is 1.44. The first kappa shape index (κ1) is 25.1. The first-order valence-electron chi connectivity index (χ1n) is 12.8. The summed E-state index contributed by atoms with van der Waals surface area (Å²) in [5.74, 6) is 0.209. The van der Waals surface area contributed by atoms with E-state index in [-0.39, 0.29) is 17.4 Å². The molecular formula is C26H37N7O2. The molecule has 3 heterocycles. The number of nitrogens with two attached hydrogens (primary N) is 1. The SMILES string of the molecule is N=Cc1nc(N2CCCCCC2)nc(Nc2ccc(CCCN3CCC(O)CC3)cc2)c1C(N)=O. The van der Waals surface area contributed by atoms with Crippen LogP contribution in [0.25, 0.3) is 0 Å². The third kappa shape index (κ3) is 6.76. The molecule has 0 bridgehead atoms. The topological polar surface area (TPSA) is 131 Å². The molecule has 35 heavy (non-hydrogen) atoms. The zero-order chi connectivity index (χ0) is 24.6. The largest absolute Gasteiger partial charge is 0.393 e. The Morgan fingerprint density at radius 2 is 1.77 bits per heavy atom. The van der Waals surface area contributed by atoms with Gasteiger partial charge < -0.3 is 31.4 Å². The van der Waals surface area contributed by atoms with Crippen LogP contribution in [0.4, 0.5) is 17.5 Å². The summed E-state index contributed by atoms with van der Waals surface area (Å²) in [6.45, 7) is 4.71. The predicted octanol–water partition coefficient (Wildman–Crippen LogP) is 3.09. The predicted molar refractivity (Wildman–Crippen MR) is 139 cm³/mol. The van der Waals surface area contributed by atoms with E-state index in [2.05, 4.69) is 37.2 Å². The lowest BCUT2D eigenvalue weighted by Crippen LogP contribution is -2.36. The van der Waals surface area contributed by atoms with E-state index in [1.54, 1.807) is 0 Å². The van der Waals surface area contributed by atoms with Gasteiger partial charge >= 0.3 is 0 Å². The van der Waals surface area contributed by atoms with Gasteiger partial charge in [0.05, 0.1) is 6.10 Å². The molecule has 5 N–H and O–H groups in total. The fourth-order valence-corrected chi connectivity index (χ4v) is 4.86. The second kappa shape index (κ2) is 12.1. The number of aliphatic hydroxyl groups is 1. The van der Waals surface area contributed by atoms with Gasteiger partial charge in [-0.15, -0.1) is 0 Å². The first-order valence-corrected chi connectivity index (χ1v) is 12.8. The summed E-state index contributed by atoms with van der Waals surface area (Å²) in [6.07, 6.45) is 9.25. The van der Waals surface area contributed by atoms with Crippen LogP contribution in [-0.4, -0.2) is 70.9 Å². The van der Waals surface area contributed by atoms with Crippen molar-refractivity contribution in [1.82, 2.24) is 14.9 Å². The Morgan fingerprint density at radius 3 is 2.40 bits per heavy atom. The van der Waals surface area contributed by atoms with E-state index in [0.717, 1.165) is 83.2 Å². The van der Waals surface area contributed by atoms with Crippen molar-refractivity contribution in [3.63, 3.8) is 0 Å². The van der Waals surface area contributed by atoms with Gasteiger partial charge in [0, 0.05) is 38.1 Å². The number of hydrogen-bond acceptors (Lipinski definition) is 8. The quantitative estimate of drug-likeness (QED) is 0.406. The number of primary amides is 1. The molecule has 2 aromatic rings. The van der Waals surface area contributed by atoms with Crippen molar-refractivity contribution in [2.24, 2.45) is 5.73 Å². The Hall–Kier alpha value is -3.04. The zero-order valence-electron chi connectivity index (χ0n) is 20.4. The van der Waals surface area contributed by atoms with E-state index in [4.69, 9.17) is 11.1 Å². The average Bonchev–Trinajstić information content (AvgIpc) is 3.15. The maximum Gasteiger partial charge on any atom is 0.254 e. The van der Waals surface area contributed by atoms with Gasteiger partial charge in [-0.1, -0.05) is 25.0 Å². The fourth-order valence-electron chi connectivity index (χ4n) is 4.86. The number of aromatic nitrogens is 2. The summed E-state index contributed by atoms with van der Waals surface area (Å²) < 4.78 is 0. The van der Waals surface area contributed by atoms with Gasteiger partial charge in [0.25, 0.3) is 5.91 Å². The zero-order valence-corrected chi connectivity index (χ0v) is 20.4. The highest BCUT2D eigenvalue weighted by atomic mass is 16.3. The molecule has 188 valence electrons. The second-order valence-corrected chi connectivity index (χ2v) is 9.54. The van der Waals surface area contributed by atoms with Gasteiger partial charge in [-0.25, -0.2) is 4.98 Å². The average molecular weight is 480 g/mol. The normalized spacial score (nSPS) is 17.7. The van der Waals surface area contributed by atoms with E-state index in [1.165, 1.54) is 18.4 Å². The number of likely N-dealkylation sites (tertiary alicyclic amines) is 1. The van der Waals surface area contributed by atoms with Crippen LogP contribution in [-0.2, 0) is 6.42 Å². The molecule has 0 saturated carbocycles. The van der Waals surface area contributed by atoms with Gasteiger partial charge in [0.15, 0.2) is 0 Å². The summed E-state index contributed by atoms with van der Waals surface area (Å²) in [5, 5.41) is 20.7. The van der Waals surface area contributed by atoms with Crippen molar-refractivity contribution in [2.75, 3.05) is 42.9 Å². The van der Waals surface area contributed by atoms with Crippen molar-refractivity contribution < 1.29 is 9.90 Å². The van der Waals surface area contributed by atoms with Crippen molar-refractivity contribution in [3.8, 4) is 0 Å². The van der Waals surface area contributed by atoms with Gasteiger partial charge in [-0.05, 0) is 62.8 Å². The fraction of sp³-hybridized carbons (Fsp3) is 0.538. The number of aliphatic hydroxyl groups excluding tert-OH is 1. The van der Waals surface area contributed by atoms with Crippen LogP contribution < -0.4 is 16.0 Å². The molecule has 1 aromatic carbocycles. The number of aryl methyl sites for hydroxylation is 1. The summed E-state index contributed by atoms with van der Waals surface area (Å²) in [4.78, 5) is 25.9. The Morgan fingerprint density at radius 1 is 1.09 bits per heavy atom. The monoisotopic (exact) mass is 479 g/mol. The minimum Gasteiger partial charge on any atom is -0.393 e. The molecule has 9 nitrogen and oxygen atoms in total. The Kier molecular flexibility index (Phi) is 8.65. The summed E-state index contributed by atoms with van der Waals surface area (Å²) in [7, 11) is 0. The minimum absolute atomic E-state index is 0.133. The lowest BCUT2D eigenvalue weighted by Gasteiger charge is -2.29. The third-order valence-electron chi connectivity index (χ3n) is 6.91. The van der Waals surface area contributed by atoms with Crippen LogP contribution in [0.5, 0.6) is 0 Å².